The first kappa shape index (κ1) is 14.4. The Kier molecular flexibility index (Phi) is 3.94. The number of Topliss-reactive ketones (excluding diaryl/α,β-unsaturated/α-hetero) is 1. The van der Waals surface area contributed by atoms with Gasteiger partial charge in [0.25, 0.3) is 0 Å². The number of hydrogen-bond acceptors (Lipinski definition) is 3. The SMILES string of the molecule is CCC(=O)c1cc(S(=O)(=O)NC2CC2)c(F)cc1Cl. The van der Waals surface area contributed by atoms with Gasteiger partial charge in [-0.05, 0) is 25.0 Å². The summed E-state index contributed by atoms with van der Waals surface area (Å²) in [5.41, 5.74) is 0.0294. The Balaban J connectivity index is 2.47. The predicted molar refractivity (Wildman–Crippen MR) is 69.4 cm³/mol. The largest absolute Gasteiger partial charge is 0.294 e. The van der Waals surface area contributed by atoms with Gasteiger partial charge in [-0.3, -0.25) is 4.79 Å². The van der Waals surface area contributed by atoms with E-state index in [2.05, 4.69) is 4.72 Å². The lowest BCUT2D eigenvalue weighted by Crippen LogP contribution is -2.26. The van der Waals surface area contributed by atoms with Gasteiger partial charge in [-0.1, -0.05) is 18.5 Å². The number of benzene rings is 1. The number of carbonyl (C=O) groups is 1. The molecular weight excluding hydrogens is 293 g/mol. The molecule has 1 aromatic carbocycles. The van der Waals surface area contributed by atoms with E-state index in [1.807, 2.05) is 0 Å². The molecule has 1 aliphatic rings. The van der Waals surface area contributed by atoms with E-state index in [-0.39, 0.29) is 28.8 Å². The van der Waals surface area contributed by atoms with E-state index in [1.165, 1.54) is 0 Å². The van der Waals surface area contributed by atoms with Gasteiger partial charge >= 0.3 is 0 Å². The Morgan fingerprint density at radius 2 is 2.11 bits per heavy atom. The second-order valence-corrected chi connectivity index (χ2v) is 6.52. The molecule has 7 heteroatoms. The Labute approximate surface area is 116 Å². The molecule has 0 saturated heterocycles. The van der Waals surface area contributed by atoms with E-state index in [0.717, 1.165) is 25.0 Å². The van der Waals surface area contributed by atoms with Crippen molar-refractivity contribution in [2.45, 2.75) is 37.1 Å². The van der Waals surface area contributed by atoms with Gasteiger partial charge in [0, 0.05) is 18.0 Å². The predicted octanol–water partition coefficient (Wildman–Crippen LogP) is 2.51. The lowest BCUT2D eigenvalue weighted by molar-refractivity contribution is 0.0988. The molecule has 0 unspecified atom stereocenters. The molecule has 1 N–H and O–H groups in total. The fraction of sp³-hybridized carbons (Fsp3) is 0.417. The number of nitrogens with one attached hydrogen (secondary N) is 1. The standard InChI is InChI=1S/C12H13ClFNO3S/c1-2-11(16)8-5-12(10(14)6-9(8)13)19(17,18)15-7-3-4-7/h5-7,15H,2-4H2,1H3. The molecular formula is C12H13ClFNO3S. The first-order valence-corrected chi connectivity index (χ1v) is 7.76. The van der Waals surface area contributed by atoms with Crippen molar-refractivity contribution < 1.29 is 17.6 Å². The van der Waals surface area contributed by atoms with Gasteiger partial charge < -0.3 is 0 Å². The van der Waals surface area contributed by atoms with Crippen LogP contribution >= 0.6 is 11.6 Å². The number of sulfonamides is 1. The lowest BCUT2D eigenvalue weighted by Gasteiger charge is -2.09. The molecule has 0 heterocycles. The van der Waals surface area contributed by atoms with Crippen molar-refractivity contribution in [1.29, 1.82) is 0 Å². The molecule has 1 saturated carbocycles. The van der Waals surface area contributed by atoms with Crippen LogP contribution in [0.2, 0.25) is 5.02 Å². The fourth-order valence-electron chi connectivity index (χ4n) is 1.62. The molecule has 4 nitrogen and oxygen atoms in total. The summed E-state index contributed by atoms with van der Waals surface area (Å²) in [6, 6.07) is 1.74. The van der Waals surface area contributed by atoms with E-state index in [9.17, 15) is 17.6 Å². The van der Waals surface area contributed by atoms with Crippen LogP contribution < -0.4 is 4.72 Å². The maximum atomic E-state index is 13.7. The third kappa shape index (κ3) is 3.13. The van der Waals surface area contributed by atoms with Crippen LogP contribution in [-0.4, -0.2) is 20.2 Å². The molecule has 104 valence electrons. The summed E-state index contributed by atoms with van der Waals surface area (Å²) in [5, 5.41) is -0.0743. The molecule has 0 aliphatic heterocycles. The van der Waals surface area contributed by atoms with Crippen molar-refractivity contribution in [1.82, 2.24) is 4.72 Å². The molecule has 1 aliphatic carbocycles. The van der Waals surface area contributed by atoms with Crippen molar-refractivity contribution in [3.8, 4) is 0 Å². The number of carbonyl (C=O) groups excluding carboxylic acids is 1. The van der Waals surface area contributed by atoms with Crippen LogP contribution in [0.4, 0.5) is 4.39 Å². The van der Waals surface area contributed by atoms with Crippen molar-refractivity contribution in [2.24, 2.45) is 0 Å². The second kappa shape index (κ2) is 5.19. The molecule has 0 radical (unpaired) electrons. The zero-order valence-electron chi connectivity index (χ0n) is 10.2. The summed E-state index contributed by atoms with van der Waals surface area (Å²) < 4.78 is 40.1. The van der Waals surface area contributed by atoms with Crippen LogP contribution in [0.3, 0.4) is 0 Å². The van der Waals surface area contributed by atoms with E-state index < -0.39 is 20.7 Å². The minimum absolute atomic E-state index is 0.0294. The summed E-state index contributed by atoms with van der Waals surface area (Å²) >= 11 is 5.77. The normalized spacial score (nSPS) is 15.5. The number of halogens is 2. The third-order valence-electron chi connectivity index (χ3n) is 2.83. The number of ketones is 1. The molecule has 0 atom stereocenters. The summed E-state index contributed by atoms with van der Waals surface area (Å²) in [4.78, 5) is 11.1. The average molecular weight is 306 g/mol. The average Bonchev–Trinajstić information content (AvgIpc) is 3.11. The smallest absolute Gasteiger partial charge is 0.243 e. The van der Waals surface area contributed by atoms with Gasteiger partial charge in [-0.15, -0.1) is 0 Å². The second-order valence-electron chi connectivity index (χ2n) is 4.43. The van der Waals surface area contributed by atoms with Gasteiger partial charge in [-0.2, -0.15) is 0 Å². The Bertz CT molecular complexity index is 626. The van der Waals surface area contributed by atoms with E-state index >= 15 is 0 Å². The van der Waals surface area contributed by atoms with Crippen molar-refractivity contribution in [2.75, 3.05) is 0 Å². The van der Waals surface area contributed by atoms with Crippen LogP contribution in [0.25, 0.3) is 0 Å². The highest BCUT2D eigenvalue weighted by Gasteiger charge is 2.30. The first-order chi connectivity index (χ1) is 8.85. The lowest BCUT2D eigenvalue weighted by atomic mass is 10.1. The Morgan fingerprint density at radius 3 is 2.63 bits per heavy atom. The molecule has 0 bridgehead atoms. The molecule has 0 aromatic heterocycles. The maximum absolute atomic E-state index is 13.7. The van der Waals surface area contributed by atoms with Gasteiger partial charge in [0.2, 0.25) is 10.0 Å². The Morgan fingerprint density at radius 1 is 1.47 bits per heavy atom. The van der Waals surface area contributed by atoms with Gasteiger partial charge in [0.05, 0.1) is 5.02 Å². The van der Waals surface area contributed by atoms with Crippen LogP contribution in [0.5, 0.6) is 0 Å². The zero-order chi connectivity index (χ0) is 14.2. The number of hydrogen-bond donors (Lipinski definition) is 1. The minimum atomic E-state index is -3.94. The van der Waals surface area contributed by atoms with E-state index in [1.54, 1.807) is 6.92 Å². The third-order valence-corrected chi connectivity index (χ3v) is 4.68. The molecule has 1 fully saturated rings. The van der Waals surface area contributed by atoms with Crippen LogP contribution in [0.1, 0.15) is 36.5 Å². The minimum Gasteiger partial charge on any atom is -0.294 e. The molecule has 0 spiro atoms. The topological polar surface area (TPSA) is 63.2 Å². The summed E-state index contributed by atoms with van der Waals surface area (Å²) in [6.07, 6.45) is 1.66. The maximum Gasteiger partial charge on any atom is 0.243 e. The van der Waals surface area contributed by atoms with Gasteiger partial charge in [-0.25, -0.2) is 17.5 Å². The highest BCUT2D eigenvalue weighted by Crippen LogP contribution is 2.27. The molecule has 19 heavy (non-hydrogen) atoms. The van der Waals surface area contributed by atoms with Gasteiger partial charge in [0.1, 0.15) is 10.7 Å². The monoisotopic (exact) mass is 305 g/mol. The molecule has 2 rings (SSSR count). The highest BCUT2D eigenvalue weighted by atomic mass is 35.5. The van der Waals surface area contributed by atoms with Crippen LogP contribution in [-0.2, 0) is 10.0 Å². The molecule has 0 amide bonds. The molecule has 1 aromatic rings. The van der Waals surface area contributed by atoms with Crippen molar-refractivity contribution in [3.05, 3.63) is 28.5 Å². The zero-order valence-corrected chi connectivity index (χ0v) is 11.8. The van der Waals surface area contributed by atoms with Crippen LogP contribution in [0.15, 0.2) is 17.0 Å². The van der Waals surface area contributed by atoms with E-state index in [4.69, 9.17) is 11.6 Å². The van der Waals surface area contributed by atoms with Gasteiger partial charge in [0.15, 0.2) is 5.78 Å². The van der Waals surface area contributed by atoms with Crippen LogP contribution in [0, 0.1) is 5.82 Å². The first-order valence-electron chi connectivity index (χ1n) is 5.89. The van der Waals surface area contributed by atoms with E-state index in [0.29, 0.717) is 0 Å². The summed E-state index contributed by atoms with van der Waals surface area (Å²) in [6.45, 7) is 1.62. The summed E-state index contributed by atoms with van der Waals surface area (Å²) in [5.74, 6) is -1.28. The summed E-state index contributed by atoms with van der Waals surface area (Å²) in [7, 11) is -3.94. The highest BCUT2D eigenvalue weighted by molar-refractivity contribution is 7.89. The quantitative estimate of drug-likeness (QED) is 0.850. The van der Waals surface area contributed by atoms with Crippen molar-refractivity contribution in [3.63, 3.8) is 0 Å². The number of rotatable bonds is 5. The fourth-order valence-corrected chi connectivity index (χ4v) is 3.27. The van der Waals surface area contributed by atoms with Crippen molar-refractivity contribution >= 4 is 27.4 Å². The Hall–Kier alpha value is -0.980.